The molecule has 0 saturated carbocycles. The molecule has 1 aromatic heterocycles. The maximum Gasteiger partial charge on any atom is 0.220 e. The predicted molar refractivity (Wildman–Crippen MR) is 94.2 cm³/mol. The lowest BCUT2D eigenvalue weighted by atomic mass is 10.1. The Balaban J connectivity index is 1.59. The van der Waals surface area contributed by atoms with Gasteiger partial charge in [-0.3, -0.25) is 5.43 Å². The highest BCUT2D eigenvalue weighted by atomic mass is 15.4. The molecule has 0 bridgehead atoms. The molecule has 2 aromatic carbocycles. The van der Waals surface area contributed by atoms with Crippen LogP contribution in [0.1, 0.15) is 17.5 Å². The highest BCUT2D eigenvalue weighted by molar-refractivity contribution is 5.73. The van der Waals surface area contributed by atoms with Gasteiger partial charge in [-0.05, 0) is 29.5 Å². The molecule has 0 saturated heterocycles. The van der Waals surface area contributed by atoms with Crippen LogP contribution in [0.5, 0.6) is 0 Å². The van der Waals surface area contributed by atoms with Gasteiger partial charge in [0.1, 0.15) is 0 Å². The van der Waals surface area contributed by atoms with E-state index in [0.717, 1.165) is 24.1 Å². The predicted octanol–water partition coefficient (Wildman–Crippen LogP) is 3.66. The van der Waals surface area contributed by atoms with Crippen LogP contribution in [0.2, 0.25) is 0 Å². The number of aromatic nitrogens is 2. The van der Waals surface area contributed by atoms with Crippen LogP contribution in [-0.2, 0) is 6.42 Å². The fourth-order valence-electron chi connectivity index (χ4n) is 3.00. The Kier molecular flexibility index (Phi) is 3.35. The number of anilines is 1. The Morgan fingerprint density at radius 3 is 2.65 bits per heavy atom. The van der Waals surface area contributed by atoms with Crippen LogP contribution in [0.4, 0.5) is 5.95 Å². The molecule has 23 heavy (non-hydrogen) atoms. The minimum atomic E-state index is 0.451. The van der Waals surface area contributed by atoms with Gasteiger partial charge in [0, 0.05) is 11.8 Å². The highest BCUT2D eigenvalue weighted by Gasteiger charge is 2.15. The van der Waals surface area contributed by atoms with Crippen molar-refractivity contribution in [2.24, 2.45) is 0 Å². The zero-order valence-electron chi connectivity index (χ0n) is 12.7. The minimum Gasteiger partial charge on any atom is -0.368 e. The third kappa shape index (κ3) is 2.59. The summed E-state index contributed by atoms with van der Waals surface area (Å²) in [5, 5.41) is 0. The third-order valence-electron chi connectivity index (χ3n) is 4.21. The summed E-state index contributed by atoms with van der Waals surface area (Å²) in [5.41, 5.74) is 15.2. The van der Waals surface area contributed by atoms with Crippen LogP contribution >= 0.6 is 0 Å². The first-order chi connectivity index (χ1) is 11.3. The summed E-state index contributed by atoms with van der Waals surface area (Å²) in [6.45, 7) is 0. The van der Waals surface area contributed by atoms with Gasteiger partial charge in [-0.2, -0.15) is 0 Å². The van der Waals surface area contributed by atoms with Crippen molar-refractivity contribution >= 4 is 11.5 Å². The Morgan fingerprint density at radius 2 is 1.78 bits per heavy atom. The standard InChI is InChI=1S/C19H18N4/c20-19-22-18(15-7-2-1-3-8-15)13-23(19)21-12-16-11-10-14-6-4-5-9-17(14)16/h1-9,12-13,21H,10-11H2,(H2,20,22). The lowest BCUT2D eigenvalue weighted by Gasteiger charge is -2.06. The SMILES string of the molecule is Nc1nc(-c2ccccc2)cn1NC=C1CCc2ccccc21. The first kappa shape index (κ1) is 13.6. The van der Waals surface area contributed by atoms with E-state index in [9.17, 15) is 0 Å². The zero-order chi connectivity index (χ0) is 15.6. The molecule has 4 nitrogen and oxygen atoms in total. The quantitative estimate of drug-likeness (QED) is 0.776. The van der Waals surface area contributed by atoms with E-state index < -0.39 is 0 Å². The smallest absolute Gasteiger partial charge is 0.220 e. The minimum absolute atomic E-state index is 0.451. The molecule has 3 aromatic rings. The van der Waals surface area contributed by atoms with Crippen LogP contribution in [-0.4, -0.2) is 9.66 Å². The molecule has 114 valence electrons. The van der Waals surface area contributed by atoms with Gasteiger partial charge in [-0.25, -0.2) is 9.66 Å². The average Bonchev–Trinajstić information content (AvgIpc) is 3.17. The Labute approximate surface area is 135 Å². The Hall–Kier alpha value is -3.01. The summed E-state index contributed by atoms with van der Waals surface area (Å²) in [4.78, 5) is 4.42. The lowest BCUT2D eigenvalue weighted by molar-refractivity contribution is 0.964. The van der Waals surface area contributed by atoms with Crippen LogP contribution in [0.25, 0.3) is 16.8 Å². The van der Waals surface area contributed by atoms with Crippen molar-refractivity contribution in [3.8, 4) is 11.3 Å². The van der Waals surface area contributed by atoms with E-state index in [1.807, 2.05) is 42.7 Å². The normalized spacial score (nSPS) is 14.9. The maximum atomic E-state index is 6.02. The number of imidazole rings is 1. The largest absolute Gasteiger partial charge is 0.368 e. The number of allylic oxidation sites excluding steroid dienone is 1. The van der Waals surface area contributed by atoms with Crippen molar-refractivity contribution in [2.75, 3.05) is 11.2 Å². The zero-order valence-corrected chi connectivity index (χ0v) is 12.7. The van der Waals surface area contributed by atoms with Gasteiger partial charge in [0.25, 0.3) is 0 Å². The van der Waals surface area contributed by atoms with Crippen LogP contribution in [0.3, 0.4) is 0 Å². The molecule has 1 aliphatic carbocycles. The molecule has 0 fully saturated rings. The van der Waals surface area contributed by atoms with E-state index in [1.165, 1.54) is 16.7 Å². The second-order valence-electron chi connectivity index (χ2n) is 5.68. The molecule has 0 amide bonds. The lowest BCUT2D eigenvalue weighted by Crippen LogP contribution is -2.10. The number of fused-ring (bicyclic) bond motifs is 1. The molecule has 1 heterocycles. The number of nitrogens with zero attached hydrogens (tertiary/aromatic N) is 2. The van der Waals surface area contributed by atoms with E-state index >= 15 is 0 Å². The Bertz CT molecular complexity index is 862. The monoisotopic (exact) mass is 302 g/mol. The molecule has 0 radical (unpaired) electrons. The van der Waals surface area contributed by atoms with Gasteiger partial charge in [-0.15, -0.1) is 0 Å². The Morgan fingerprint density at radius 1 is 1.00 bits per heavy atom. The van der Waals surface area contributed by atoms with Crippen molar-refractivity contribution in [1.29, 1.82) is 0 Å². The second-order valence-corrected chi connectivity index (χ2v) is 5.68. The molecular weight excluding hydrogens is 284 g/mol. The van der Waals surface area contributed by atoms with Crippen molar-refractivity contribution in [1.82, 2.24) is 9.66 Å². The molecule has 0 aliphatic heterocycles. The van der Waals surface area contributed by atoms with Crippen molar-refractivity contribution < 1.29 is 0 Å². The van der Waals surface area contributed by atoms with E-state index in [4.69, 9.17) is 5.73 Å². The van der Waals surface area contributed by atoms with Crippen LogP contribution < -0.4 is 11.2 Å². The van der Waals surface area contributed by atoms with Crippen molar-refractivity contribution in [3.63, 3.8) is 0 Å². The molecule has 0 spiro atoms. The number of hydrogen-bond donors (Lipinski definition) is 2. The van der Waals surface area contributed by atoms with Crippen LogP contribution in [0.15, 0.2) is 67.0 Å². The summed E-state index contributed by atoms with van der Waals surface area (Å²) in [7, 11) is 0. The fraction of sp³-hybridized carbons (Fsp3) is 0.105. The number of nitrogens with two attached hydrogens (primary N) is 1. The molecule has 4 rings (SSSR count). The van der Waals surface area contributed by atoms with Crippen molar-refractivity contribution in [3.05, 3.63) is 78.1 Å². The number of aryl methyl sites for hydroxylation is 1. The number of rotatable bonds is 3. The molecule has 0 unspecified atom stereocenters. The van der Waals surface area contributed by atoms with E-state index in [2.05, 4.69) is 34.7 Å². The topological polar surface area (TPSA) is 55.9 Å². The van der Waals surface area contributed by atoms with E-state index in [-0.39, 0.29) is 0 Å². The first-order valence-electron chi connectivity index (χ1n) is 7.75. The van der Waals surface area contributed by atoms with Gasteiger partial charge >= 0.3 is 0 Å². The number of hydrogen-bond acceptors (Lipinski definition) is 3. The molecule has 4 heteroatoms. The average molecular weight is 302 g/mol. The molecular formula is C19H18N4. The number of nitrogens with one attached hydrogen (secondary N) is 1. The summed E-state index contributed by atoms with van der Waals surface area (Å²) in [5.74, 6) is 0.451. The van der Waals surface area contributed by atoms with E-state index in [0.29, 0.717) is 5.95 Å². The van der Waals surface area contributed by atoms with Crippen LogP contribution in [0, 0.1) is 0 Å². The van der Waals surface area contributed by atoms with Gasteiger partial charge in [0.15, 0.2) is 0 Å². The summed E-state index contributed by atoms with van der Waals surface area (Å²) in [6.07, 6.45) is 6.09. The fourth-order valence-corrected chi connectivity index (χ4v) is 3.00. The second kappa shape index (κ2) is 5.65. The van der Waals surface area contributed by atoms with Gasteiger partial charge in [0.2, 0.25) is 5.95 Å². The highest BCUT2D eigenvalue weighted by Crippen LogP contribution is 2.31. The number of nitrogen functional groups attached to an aromatic ring is 1. The third-order valence-corrected chi connectivity index (χ3v) is 4.21. The van der Waals surface area contributed by atoms with Gasteiger partial charge < -0.3 is 5.73 Å². The summed E-state index contributed by atoms with van der Waals surface area (Å²) in [6, 6.07) is 18.6. The van der Waals surface area contributed by atoms with E-state index in [1.54, 1.807) is 4.68 Å². The first-order valence-corrected chi connectivity index (χ1v) is 7.75. The van der Waals surface area contributed by atoms with Gasteiger partial charge in [0.05, 0.1) is 11.9 Å². The molecule has 0 atom stereocenters. The van der Waals surface area contributed by atoms with Gasteiger partial charge in [-0.1, -0.05) is 54.6 Å². The summed E-state index contributed by atoms with van der Waals surface area (Å²) >= 11 is 0. The molecule has 3 N–H and O–H groups in total. The van der Waals surface area contributed by atoms with Crippen molar-refractivity contribution in [2.45, 2.75) is 12.8 Å². The summed E-state index contributed by atoms with van der Waals surface area (Å²) < 4.78 is 1.76. The molecule has 1 aliphatic rings. The number of benzene rings is 2. The maximum absolute atomic E-state index is 6.02.